The number of likely N-dealkylation sites (tertiary alicyclic amines) is 1. The van der Waals surface area contributed by atoms with Crippen LogP contribution in [0.25, 0.3) is 11.1 Å². The Morgan fingerprint density at radius 2 is 2.00 bits per heavy atom. The number of imidazole rings is 1. The number of H-pyrrole nitrogens is 1. The largest absolute Gasteiger partial charge is 0.348 e. The Hall–Kier alpha value is -3.02. The average molecular weight is 381 g/mol. The van der Waals surface area contributed by atoms with E-state index in [1.54, 1.807) is 42.4 Å². The highest BCUT2D eigenvalue weighted by molar-refractivity contribution is 5.95. The molecule has 0 spiro atoms. The van der Waals surface area contributed by atoms with Crippen LogP contribution in [0.4, 0.5) is 8.78 Å². The summed E-state index contributed by atoms with van der Waals surface area (Å²) in [5.41, 5.74) is 1.95. The van der Waals surface area contributed by atoms with Crippen LogP contribution in [-0.2, 0) is 0 Å². The van der Waals surface area contributed by atoms with E-state index >= 15 is 0 Å². The van der Waals surface area contributed by atoms with E-state index in [4.69, 9.17) is 0 Å². The first-order valence-electron chi connectivity index (χ1n) is 9.37. The van der Waals surface area contributed by atoms with Crippen LogP contribution >= 0.6 is 0 Å². The highest BCUT2D eigenvalue weighted by Crippen LogP contribution is 2.29. The lowest BCUT2D eigenvalue weighted by atomic mass is 9.95. The second-order valence-corrected chi connectivity index (χ2v) is 7.22. The lowest BCUT2D eigenvalue weighted by Gasteiger charge is -2.32. The highest BCUT2D eigenvalue weighted by atomic mass is 19.1. The Morgan fingerprint density at radius 3 is 2.71 bits per heavy atom. The number of hydrogen-bond acceptors (Lipinski definition) is 2. The summed E-state index contributed by atoms with van der Waals surface area (Å²) in [6, 6.07) is 8.75. The van der Waals surface area contributed by atoms with Gasteiger partial charge in [-0.3, -0.25) is 4.79 Å². The third kappa shape index (κ3) is 3.54. The van der Waals surface area contributed by atoms with Gasteiger partial charge in [0.15, 0.2) is 0 Å². The summed E-state index contributed by atoms with van der Waals surface area (Å²) in [6.45, 7) is 2.95. The zero-order valence-corrected chi connectivity index (χ0v) is 15.6. The van der Waals surface area contributed by atoms with Crippen molar-refractivity contribution in [3.8, 4) is 11.1 Å². The minimum Gasteiger partial charge on any atom is -0.348 e. The summed E-state index contributed by atoms with van der Waals surface area (Å²) in [7, 11) is 0. The maximum atomic E-state index is 14.8. The maximum absolute atomic E-state index is 14.8. The lowest BCUT2D eigenvalue weighted by molar-refractivity contribution is 0.0704. The molecule has 1 unspecified atom stereocenters. The topological polar surface area (TPSA) is 49.0 Å². The second-order valence-electron chi connectivity index (χ2n) is 7.22. The van der Waals surface area contributed by atoms with Crippen LogP contribution in [0.1, 0.15) is 40.5 Å². The number of hydrogen-bond donors (Lipinski definition) is 1. The van der Waals surface area contributed by atoms with E-state index < -0.39 is 5.82 Å². The number of rotatable bonds is 3. The molecule has 0 aliphatic carbocycles. The first-order valence-corrected chi connectivity index (χ1v) is 9.37. The number of nitrogens with one attached hydrogen (secondary N) is 1. The van der Waals surface area contributed by atoms with Crippen molar-refractivity contribution >= 4 is 5.91 Å². The molecule has 1 amide bonds. The molecule has 6 heteroatoms. The van der Waals surface area contributed by atoms with Crippen LogP contribution < -0.4 is 0 Å². The summed E-state index contributed by atoms with van der Waals surface area (Å²) in [4.78, 5) is 22.1. The fourth-order valence-electron chi connectivity index (χ4n) is 3.86. The van der Waals surface area contributed by atoms with Gasteiger partial charge in [-0.25, -0.2) is 13.8 Å². The molecule has 0 bridgehead atoms. The Labute approximate surface area is 162 Å². The number of carbonyl (C=O) groups is 1. The summed E-state index contributed by atoms with van der Waals surface area (Å²) in [6.07, 6.45) is 5.34. The molecular formula is C22H21F2N3O. The molecule has 4 rings (SSSR count). The van der Waals surface area contributed by atoms with Gasteiger partial charge in [0, 0.05) is 42.5 Å². The summed E-state index contributed by atoms with van der Waals surface area (Å²) in [5.74, 6) is 0.0202. The van der Waals surface area contributed by atoms with E-state index in [0.29, 0.717) is 35.3 Å². The highest BCUT2D eigenvalue weighted by Gasteiger charge is 2.27. The van der Waals surface area contributed by atoms with Crippen molar-refractivity contribution in [2.75, 3.05) is 13.1 Å². The molecule has 1 aromatic heterocycles. The fraction of sp³-hybridized carbons (Fsp3) is 0.273. The normalized spacial score (nSPS) is 17.0. The third-order valence-corrected chi connectivity index (χ3v) is 5.31. The summed E-state index contributed by atoms with van der Waals surface area (Å²) in [5, 5.41) is 0. The van der Waals surface area contributed by atoms with Gasteiger partial charge in [0.05, 0.1) is 0 Å². The number of aromatic nitrogens is 2. The van der Waals surface area contributed by atoms with Crippen molar-refractivity contribution in [2.45, 2.75) is 25.7 Å². The standard InChI is InChI=1S/C22H21F2N3O/c1-14-11-17(23)5-7-18(14)19-6-4-15(12-20(19)24)22(28)27-10-2-3-16(13-27)21-25-8-9-26-21/h4-9,11-12,16H,2-3,10,13H2,1H3,(H,25,26). The van der Waals surface area contributed by atoms with Crippen LogP contribution in [0.5, 0.6) is 0 Å². The summed E-state index contributed by atoms with van der Waals surface area (Å²) >= 11 is 0. The van der Waals surface area contributed by atoms with E-state index in [2.05, 4.69) is 9.97 Å². The zero-order chi connectivity index (χ0) is 19.7. The van der Waals surface area contributed by atoms with Gasteiger partial charge in [0.2, 0.25) is 0 Å². The minimum absolute atomic E-state index is 0.165. The smallest absolute Gasteiger partial charge is 0.253 e. The van der Waals surface area contributed by atoms with Gasteiger partial charge in [-0.15, -0.1) is 0 Å². The molecule has 1 aliphatic heterocycles. The van der Waals surface area contributed by atoms with Gasteiger partial charge >= 0.3 is 0 Å². The van der Waals surface area contributed by atoms with E-state index in [9.17, 15) is 13.6 Å². The van der Waals surface area contributed by atoms with Gasteiger partial charge in [-0.05, 0) is 55.2 Å². The van der Waals surface area contributed by atoms with Crippen molar-refractivity contribution < 1.29 is 13.6 Å². The fourth-order valence-corrected chi connectivity index (χ4v) is 3.86. The van der Waals surface area contributed by atoms with Crippen molar-refractivity contribution in [1.82, 2.24) is 14.9 Å². The van der Waals surface area contributed by atoms with Gasteiger partial charge < -0.3 is 9.88 Å². The number of aromatic amines is 1. The number of halogens is 2. The van der Waals surface area contributed by atoms with Crippen LogP contribution in [-0.4, -0.2) is 33.9 Å². The number of piperidine rings is 1. The number of amides is 1. The molecule has 28 heavy (non-hydrogen) atoms. The molecule has 1 saturated heterocycles. The Morgan fingerprint density at radius 1 is 1.18 bits per heavy atom. The SMILES string of the molecule is Cc1cc(F)ccc1-c1ccc(C(=O)N2CCCC(c3ncc[nH]3)C2)cc1F. The van der Waals surface area contributed by atoms with E-state index in [0.717, 1.165) is 18.7 Å². The molecule has 1 N–H and O–H groups in total. The zero-order valence-electron chi connectivity index (χ0n) is 15.6. The molecule has 0 radical (unpaired) electrons. The first kappa shape index (κ1) is 18.3. The monoisotopic (exact) mass is 381 g/mol. The maximum Gasteiger partial charge on any atom is 0.253 e. The molecule has 4 nitrogen and oxygen atoms in total. The molecule has 1 atom stereocenters. The molecular weight excluding hydrogens is 360 g/mol. The molecule has 2 aromatic carbocycles. The van der Waals surface area contributed by atoms with E-state index in [-0.39, 0.29) is 17.6 Å². The third-order valence-electron chi connectivity index (χ3n) is 5.31. The predicted molar refractivity (Wildman–Crippen MR) is 103 cm³/mol. The van der Waals surface area contributed by atoms with Crippen molar-refractivity contribution in [3.05, 3.63) is 77.4 Å². The second kappa shape index (κ2) is 7.54. The molecule has 144 valence electrons. The molecule has 1 fully saturated rings. The molecule has 2 heterocycles. The number of nitrogens with zero attached hydrogens (tertiary/aromatic N) is 2. The van der Waals surface area contributed by atoms with Gasteiger partial charge in [0.25, 0.3) is 5.91 Å². The first-order chi connectivity index (χ1) is 13.5. The number of benzene rings is 2. The minimum atomic E-state index is -0.486. The molecule has 3 aromatic rings. The van der Waals surface area contributed by atoms with Crippen LogP contribution in [0.2, 0.25) is 0 Å². The lowest BCUT2D eigenvalue weighted by Crippen LogP contribution is -2.39. The van der Waals surface area contributed by atoms with Crippen molar-refractivity contribution in [3.63, 3.8) is 0 Å². The van der Waals surface area contributed by atoms with E-state index in [1.807, 2.05) is 0 Å². The van der Waals surface area contributed by atoms with Crippen molar-refractivity contribution in [1.29, 1.82) is 0 Å². The number of carbonyl (C=O) groups excluding carboxylic acids is 1. The molecule has 1 aliphatic rings. The van der Waals surface area contributed by atoms with Gasteiger partial charge in [-0.2, -0.15) is 0 Å². The van der Waals surface area contributed by atoms with E-state index in [1.165, 1.54) is 18.2 Å². The quantitative estimate of drug-likeness (QED) is 0.716. The Kier molecular flexibility index (Phi) is 4.94. The van der Waals surface area contributed by atoms with Gasteiger partial charge in [-0.1, -0.05) is 12.1 Å². The van der Waals surface area contributed by atoms with Crippen LogP contribution in [0.3, 0.4) is 0 Å². The predicted octanol–water partition coefficient (Wildman–Crippen LogP) is 4.68. The van der Waals surface area contributed by atoms with Crippen LogP contribution in [0.15, 0.2) is 48.8 Å². The Balaban J connectivity index is 1.56. The molecule has 0 saturated carbocycles. The average Bonchev–Trinajstić information content (AvgIpc) is 3.23. The Bertz CT molecular complexity index is 1000. The van der Waals surface area contributed by atoms with Crippen molar-refractivity contribution in [2.24, 2.45) is 0 Å². The number of aryl methyl sites for hydroxylation is 1. The van der Waals surface area contributed by atoms with Gasteiger partial charge in [0.1, 0.15) is 17.5 Å². The summed E-state index contributed by atoms with van der Waals surface area (Å²) < 4.78 is 28.1. The van der Waals surface area contributed by atoms with Crippen LogP contribution in [0, 0.1) is 18.6 Å².